The third kappa shape index (κ3) is 4.45. The number of hydrogen-bond acceptors (Lipinski definition) is 8. The van der Waals surface area contributed by atoms with Crippen LogP contribution in [0, 0.1) is 5.82 Å². The zero-order valence-corrected chi connectivity index (χ0v) is 18.9. The molecule has 0 bridgehead atoms. The van der Waals surface area contributed by atoms with Crippen molar-refractivity contribution in [1.82, 2.24) is 25.1 Å². The molecular formula is C23H25FN6O2S. The Bertz CT molecular complexity index is 1130. The molecule has 0 aromatic carbocycles. The molecule has 3 aromatic heterocycles. The van der Waals surface area contributed by atoms with Gasteiger partial charge in [-0.3, -0.25) is 9.78 Å². The molecule has 4 heterocycles. The van der Waals surface area contributed by atoms with Crippen molar-refractivity contribution in [2.75, 3.05) is 25.0 Å². The molecule has 3 aromatic rings. The van der Waals surface area contributed by atoms with Gasteiger partial charge < -0.3 is 15.3 Å². The van der Waals surface area contributed by atoms with Crippen LogP contribution >= 0.6 is 11.3 Å². The fraction of sp³-hybridized carbons (Fsp3) is 0.435. The van der Waals surface area contributed by atoms with Crippen molar-refractivity contribution in [3.8, 4) is 10.7 Å². The minimum absolute atomic E-state index is 0.0653. The van der Waals surface area contributed by atoms with Gasteiger partial charge in [0.1, 0.15) is 27.2 Å². The number of aliphatic hydroxyl groups is 1. The van der Waals surface area contributed by atoms with Crippen molar-refractivity contribution < 1.29 is 14.3 Å². The molecule has 1 saturated carbocycles. The van der Waals surface area contributed by atoms with E-state index in [4.69, 9.17) is 0 Å². The Hall–Kier alpha value is -2.98. The highest BCUT2D eigenvalue weighted by molar-refractivity contribution is 7.16. The van der Waals surface area contributed by atoms with E-state index in [0.29, 0.717) is 59.6 Å². The lowest BCUT2D eigenvalue weighted by molar-refractivity contribution is 0.0550. The summed E-state index contributed by atoms with van der Waals surface area (Å²) in [6.07, 6.45) is 6.90. The van der Waals surface area contributed by atoms with E-state index in [1.807, 2.05) is 12.1 Å². The average molecular weight is 469 g/mol. The Balaban J connectivity index is 1.23. The van der Waals surface area contributed by atoms with Gasteiger partial charge in [0.05, 0.1) is 18.0 Å². The van der Waals surface area contributed by atoms with Crippen LogP contribution in [0.25, 0.3) is 10.7 Å². The lowest BCUT2D eigenvalue weighted by atomic mass is 9.66. The number of thiazole rings is 1. The number of hydrogen-bond donors (Lipinski definition) is 2. The Morgan fingerprint density at radius 1 is 1.21 bits per heavy atom. The highest BCUT2D eigenvalue weighted by Gasteiger charge is 2.41. The quantitative estimate of drug-likeness (QED) is 0.572. The molecule has 8 nitrogen and oxygen atoms in total. The second kappa shape index (κ2) is 9.11. The molecule has 0 radical (unpaired) electrons. The number of pyridine rings is 1. The number of likely N-dealkylation sites (tertiary alicyclic amines) is 1. The van der Waals surface area contributed by atoms with Crippen molar-refractivity contribution in [3.63, 3.8) is 0 Å². The molecule has 1 saturated heterocycles. The lowest BCUT2D eigenvalue weighted by Gasteiger charge is -2.41. The number of aromatic nitrogens is 4. The summed E-state index contributed by atoms with van der Waals surface area (Å²) in [4.78, 5) is 23.6. The summed E-state index contributed by atoms with van der Waals surface area (Å²) in [5, 5.41) is 22.1. The number of aliphatic hydroxyl groups excluding tert-OH is 1. The summed E-state index contributed by atoms with van der Waals surface area (Å²) in [7, 11) is 0. The molecule has 5 rings (SSSR count). The minimum Gasteiger partial charge on any atom is -0.393 e. The maximum Gasteiger partial charge on any atom is 0.265 e. The second-order valence-corrected chi connectivity index (χ2v) is 9.71. The standard InChI is InChI=1S/C23H25FN6O2S/c24-16-3-1-10-25-20(16)23(8-2-9-23)14-27-19-5-4-17(28-29-19)21-26-13-18(33-21)22(32)30-11-6-15(31)7-12-30/h1,3-5,10,13,15,31H,2,6-9,11-12,14H2,(H,27,29). The summed E-state index contributed by atoms with van der Waals surface area (Å²) < 4.78 is 14.3. The Labute approximate surface area is 194 Å². The van der Waals surface area contributed by atoms with Crippen LogP contribution < -0.4 is 5.32 Å². The summed E-state index contributed by atoms with van der Waals surface area (Å²) in [6, 6.07) is 6.70. The first-order valence-electron chi connectivity index (χ1n) is 11.2. The fourth-order valence-electron chi connectivity index (χ4n) is 4.39. The van der Waals surface area contributed by atoms with Crippen molar-refractivity contribution in [3.05, 3.63) is 53.0 Å². The molecular weight excluding hydrogens is 443 g/mol. The molecule has 2 N–H and O–H groups in total. The van der Waals surface area contributed by atoms with E-state index in [2.05, 4.69) is 25.5 Å². The fourth-order valence-corrected chi connectivity index (χ4v) is 5.24. The van der Waals surface area contributed by atoms with E-state index in [1.54, 1.807) is 23.4 Å². The van der Waals surface area contributed by atoms with Crippen LogP contribution in [0.3, 0.4) is 0 Å². The van der Waals surface area contributed by atoms with Crippen LogP contribution in [0.15, 0.2) is 36.7 Å². The Kier molecular flexibility index (Phi) is 6.03. The molecule has 1 aliphatic carbocycles. The Morgan fingerprint density at radius 2 is 2.03 bits per heavy atom. The van der Waals surface area contributed by atoms with Gasteiger partial charge in [-0.25, -0.2) is 9.37 Å². The number of amides is 1. The smallest absolute Gasteiger partial charge is 0.265 e. The van der Waals surface area contributed by atoms with Gasteiger partial charge in [-0.1, -0.05) is 6.42 Å². The number of piperidine rings is 1. The highest BCUT2D eigenvalue weighted by Crippen LogP contribution is 2.43. The average Bonchev–Trinajstić information content (AvgIpc) is 3.30. The van der Waals surface area contributed by atoms with Crippen LogP contribution in [0.4, 0.5) is 10.2 Å². The predicted molar refractivity (Wildman–Crippen MR) is 122 cm³/mol. The van der Waals surface area contributed by atoms with E-state index in [0.717, 1.165) is 19.3 Å². The maximum atomic E-state index is 14.3. The largest absolute Gasteiger partial charge is 0.393 e. The zero-order valence-electron chi connectivity index (χ0n) is 18.1. The molecule has 10 heteroatoms. The first kappa shape index (κ1) is 21.8. The number of anilines is 1. The maximum absolute atomic E-state index is 14.3. The highest BCUT2D eigenvalue weighted by atomic mass is 32.1. The van der Waals surface area contributed by atoms with Crippen LogP contribution in [0.5, 0.6) is 0 Å². The van der Waals surface area contributed by atoms with Crippen molar-refractivity contribution >= 4 is 23.1 Å². The molecule has 1 aliphatic heterocycles. The zero-order chi connectivity index (χ0) is 22.8. The van der Waals surface area contributed by atoms with Crippen LogP contribution in [0.1, 0.15) is 47.5 Å². The van der Waals surface area contributed by atoms with Crippen LogP contribution in [-0.4, -0.2) is 61.8 Å². The number of rotatable bonds is 6. The van der Waals surface area contributed by atoms with Crippen molar-refractivity contribution in [2.24, 2.45) is 0 Å². The molecule has 172 valence electrons. The van der Waals surface area contributed by atoms with Gasteiger partial charge >= 0.3 is 0 Å². The first-order valence-corrected chi connectivity index (χ1v) is 12.0. The predicted octanol–water partition coefficient (Wildman–Crippen LogP) is 3.26. The lowest BCUT2D eigenvalue weighted by Crippen LogP contribution is -2.42. The van der Waals surface area contributed by atoms with Gasteiger partial charge in [0, 0.05) is 31.2 Å². The first-order chi connectivity index (χ1) is 16.0. The summed E-state index contributed by atoms with van der Waals surface area (Å²) in [5.41, 5.74) is 0.783. The van der Waals surface area contributed by atoms with E-state index in [9.17, 15) is 14.3 Å². The third-order valence-corrected chi connectivity index (χ3v) is 7.54. The van der Waals surface area contributed by atoms with E-state index >= 15 is 0 Å². The van der Waals surface area contributed by atoms with Gasteiger partial charge in [-0.05, 0) is 49.9 Å². The number of carbonyl (C=O) groups is 1. The molecule has 1 amide bonds. The summed E-state index contributed by atoms with van der Waals surface area (Å²) in [6.45, 7) is 1.64. The normalized spacial score (nSPS) is 18.1. The number of nitrogens with zero attached hydrogens (tertiary/aromatic N) is 5. The van der Waals surface area contributed by atoms with Gasteiger partial charge in [0.25, 0.3) is 5.91 Å². The molecule has 0 unspecified atom stereocenters. The minimum atomic E-state index is -0.323. The van der Waals surface area contributed by atoms with Gasteiger partial charge in [-0.15, -0.1) is 21.5 Å². The second-order valence-electron chi connectivity index (χ2n) is 8.68. The number of nitrogens with one attached hydrogen (secondary N) is 1. The summed E-state index contributed by atoms with van der Waals surface area (Å²) in [5.74, 6) is 0.265. The third-order valence-electron chi connectivity index (χ3n) is 6.53. The topological polar surface area (TPSA) is 104 Å². The van der Waals surface area contributed by atoms with Crippen molar-refractivity contribution in [2.45, 2.75) is 43.6 Å². The SMILES string of the molecule is O=C(c1cnc(-c2ccc(NCC3(c4ncccc4F)CCC3)nn2)s1)N1CCC(O)CC1. The van der Waals surface area contributed by atoms with Gasteiger partial charge in [-0.2, -0.15) is 0 Å². The van der Waals surface area contributed by atoms with Gasteiger partial charge in [0.2, 0.25) is 0 Å². The Morgan fingerprint density at radius 3 is 2.70 bits per heavy atom. The molecule has 33 heavy (non-hydrogen) atoms. The molecule has 0 spiro atoms. The molecule has 0 atom stereocenters. The van der Waals surface area contributed by atoms with Crippen LogP contribution in [0.2, 0.25) is 0 Å². The number of halogens is 1. The molecule has 2 aliphatic rings. The monoisotopic (exact) mass is 468 g/mol. The summed E-state index contributed by atoms with van der Waals surface area (Å²) >= 11 is 1.29. The van der Waals surface area contributed by atoms with E-state index in [1.165, 1.54) is 17.4 Å². The molecule has 2 fully saturated rings. The van der Waals surface area contributed by atoms with Crippen molar-refractivity contribution in [1.29, 1.82) is 0 Å². The van der Waals surface area contributed by atoms with E-state index < -0.39 is 0 Å². The van der Waals surface area contributed by atoms with Gasteiger partial charge in [0.15, 0.2) is 0 Å². The van der Waals surface area contributed by atoms with Crippen LogP contribution in [-0.2, 0) is 5.41 Å². The number of carbonyl (C=O) groups excluding carboxylic acids is 1. The van der Waals surface area contributed by atoms with E-state index in [-0.39, 0.29) is 23.2 Å².